The van der Waals surface area contributed by atoms with Crippen molar-refractivity contribution in [1.82, 2.24) is 0 Å². The summed E-state index contributed by atoms with van der Waals surface area (Å²) in [6.45, 7) is 10.9. The van der Waals surface area contributed by atoms with E-state index in [1.54, 1.807) is 74.5 Å². The number of aryl methyl sites for hydroxylation is 4. The topological polar surface area (TPSA) is 245 Å². The molecule has 0 amide bonds. The maximum Gasteiger partial charge on any atom is 1.00 e. The molecule has 0 bridgehead atoms. The van der Waals surface area contributed by atoms with Gasteiger partial charge in [-0.3, -0.25) is 33.0 Å². The number of fused-ring (bicyclic) bond motifs is 2. The smallest absolute Gasteiger partial charge is 1.00 e. The zero-order valence-electron chi connectivity index (χ0n) is 49.7. The molecule has 6 aromatic rings. The van der Waals surface area contributed by atoms with Crippen LogP contribution in [0.15, 0.2) is 119 Å². The predicted octanol–water partition coefficient (Wildman–Crippen LogP) is 1.97. The van der Waals surface area contributed by atoms with Crippen molar-refractivity contribution in [3.05, 3.63) is 131 Å². The number of nitrogens with one attached hydrogen (secondary N) is 1. The van der Waals surface area contributed by atoms with Crippen LogP contribution in [-0.2, 0) is 67.9 Å². The number of alkyl halides is 1. The summed E-state index contributed by atoms with van der Waals surface area (Å²) in [5.74, 6) is 3.65. The van der Waals surface area contributed by atoms with E-state index in [1.807, 2.05) is 86.0 Å². The maximum absolute atomic E-state index is 14.0. The fraction of sp³-hybridized carbons (Fsp3) is 0.305. The van der Waals surface area contributed by atoms with Gasteiger partial charge in [-0.1, -0.05) is 112 Å². The summed E-state index contributed by atoms with van der Waals surface area (Å²) in [7, 11) is -2.69. The van der Waals surface area contributed by atoms with Crippen molar-refractivity contribution in [2.24, 2.45) is 0 Å². The molecule has 6 rings (SSSR count). The Balaban J connectivity index is 0.00000138. The quantitative estimate of drug-likeness (QED) is 0.0168. The first-order valence-electron chi connectivity index (χ1n) is 24.6. The van der Waals surface area contributed by atoms with E-state index in [1.165, 1.54) is 28.4 Å². The number of terminal acetylenes is 2. The summed E-state index contributed by atoms with van der Waals surface area (Å²) in [6.07, 6.45) is 11.6. The van der Waals surface area contributed by atoms with Crippen LogP contribution in [-0.4, -0.2) is 113 Å². The fourth-order valence-corrected chi connectivity index (χ4v) is 11.6. The zero-order chi connectivity index (χ0) is 60.6. The Bertz CT molecular complexity index is 3510. The first kappa shape index (κ1) is 76.1. The van der Waals surface area contributed by atoms with Gasteiger partial charge in [0, 0.05) is 45.0 Å². The van der Waals surface area contributed by atoms with E-state index in [-0.39, 0.29) is 182 Å². The van der Waals surface area contributed by atoms with Gasteiger partial charge in [-0.2, -0.15) is 0 Å². The number of esters is 4. The molecule has 0 radical (unpaired) electrons. The van der Waals surface area contributed by atoms with Crippen LogP contribution in [0.2, 0.25) is 0 Å². The molecule has 1 N–H and O–H groups in total. The Morgan fingerprint density at radius 2 is 1.00 bits per heavy atom. The number of sulfonamides is 2. The molecular weight excluding hydrogens is 1230 g/mol. The Morgan fingerprint density at radius 3 is 1.39 bits per heavy atom. The van der Waals surface area contributed by atoms with Crippen molar-refractivity contribution in [2.45, 2.75) is 76.3 Å². The van der Waals surface area contributed by atoms with Crippen LogP contribution >= 0.6 is 15.9 Å². The molecular formula is C59H67BrK2N4O15S2. The minimum absolute atomic E-state index is 0. The summed E-state index contributed by atoms with van der Waals surface area (Å²) in [5.41, 5.74) is 5.49. The molecule has 0 unspecified atom stereocenters. The molecule has 0 aromatic heterocycles. The van der Waals surface area contributed by atoms with Gasteiger partial charge in [0.1, 0.15) is 11.9 Å². The number of halogens is 1. The minimum Gasteiger partial charge on any atom is -1.00 e. The van der Waals surface area contributed by atoms with Crippen molar-refractivity contribution in [2.75, 3.05) is 72.2 Å². The Hall–Kier alpha value is -4.88. The average Bonchev–Trinajstić information content (AvgIpc) is 2.54. The number of hydrogen-bond acceptors (Lipinski definition) is 17. The normalized spacial score (nSPS) is 11.1. The second-order valence-corrected chi connectivity index (χ2v) is 21.9. The van der Waals surface area contributed by atoms with Gasteiger partial charge in [0.2, 0.25) is 0 Å². The molecule has 0 saturated carbocycles. The van der Waals surface area contributed by atoms with Gasteiger partial charge in [0.25, 0.3) is 26.5 Å². The number of nitrogens with zero attached hydrogens (tertiary/aromatic N) is 3. The maximum atomic E-state index is 14.0. The van der Waals surface area contributed by atoms with Crippen LogP contribution in [0.25, 0.3) is 21.5 Å². The second-order valence-electron chi connectivity index (χ2n) is 17.9. The van der Waals surface area contributed by atoms with Crippen LogP contribution in [0, 0.1) is 52.4 Å². The number of carbonyl (C=O) groups excluding carboxylic acids is 5. The van der Waals surface area contributed by atoms with Crippen molar-refractivity contribution in [1.29, 1.82) is 0 Å². The third kappa shape index (κ3) is 21.9. The molecule has 0 heterocycles. The van der Waals surface area contributed by atoms with Gasteiger partial charge >= 0.3 is 127 Å². The number of anilines is 4. The van der Waals surface area contributed by atoms with E-state index in [9.17, 15) is 36.0 Å². The molecule has 6 aromatic carbocycles. The molecule has 0 aliphatic carbocycles. The third-order valence-corrected chi connectivity index (χ3v) is 16.2. The molecule has 0 fully saturated rings. The first-order chi connectivity index (χ1) is 38.4. The number of methoxy groups -OCH3 is 4. The number of hydrogen-bond donors (Lipinski definition) is 1. The molecule has 0 aliphatic rings. The molecule has 0 spiro atoms. The van der Waals surface area contributed by atoms with E-state index >= 15 is 0 Å². The number of carbonyl (C=O) groups is 5. The average molecular weight is 1290 g/mol. The van der Waals surface area contributed by atoms with Crippen LogP contribution in [0.1, 0.15) is 50.4 Å². The van der Waals surface area contributed by atoms with Crippen LogP contribution in [0.5, 0.6) is 0 Å². The Kier molecular flexibility index (Phi) is 34.4. The van der Waals surface area contributed by atoms with Crippen LogP contribution < -0.4 is 127 Å². The van der Waals surface area contributed by atoms with Gasteiger partial charge in [-0.15, -0.1) is 12.8 Å². The predicted molar refractivity (Wildman–Crippen MR) is 316 cm³/mol. The monoisotopic (exact) mass is 1290 g/mol. The second kappa shape index (κ2) is 37.5. The summed E-state index contributed by atoms with van der Waals surface area (Å²) >= 11 is 2.90. The molecule has 24 heteroatoms. The number of benzene rings is 6. The van der Waals surface area contributed by atoms with Gasteiger partial charge < -0.3 is 40.3 Å². The summed E-state index contributed by atoms with van der Waals surface area (Å²) < 4.78 is 76.8. The molecule has 0 saturated heterocycles. The van der Waals surface area contributed by atoms with E-state index in [0.717, 1.165) is 37.6 Å². The molecule has 83 heavy (non-hydrogen) atoms. The van der Waals surface area contributed by atoms with E-state index in [0.29, 0.717) is 33.3 Å². The number of rotatable bonds is 20. The standard InChI is InChI=1S/C29H32N2O6S.C26H28N2O4S.C3H5BrO2.CH2O3.2K.H/c1-7-16-30(22(4)18-28(32)36-5)25-13-14-26(24-11-9-8-10-23(24)25)31(19-29(33)37-6)38(34,35)27-15-12-20(2)17-21(27)3;1-6-15-28(20(4)17-26(29)32-5)24-13-12-23(21-9-7-8-10-22(21)24)27-33(30,31)25-14-11-18(2)16-19(25)3;1-6-3(5)2-4;2-1-4-3;;;/h1,8-15,17,22H,16,18-19H2,2-6H3;1,7-14,16,20,27H,15,17H2,2-5H3;2H2,1H3;1,3H;;;/q;;;;2*+1;-1/p-1/t22-;20-;;;;;/m00...../s1. The van der Waals surface area contributed by atoms with E-state index in [4.69, 9.17) is 37.1 Å². The number of ether oxygens (including phenoxy) is 4. The molecule has 19 nitrogen and oxygen atoms in total. The van der Waals surface area contributed by atoms with Crippen molar-refractivity contribution >= 4 is 111 Å². The van der Waals surface area contributed by atoms with Gasteiger partial charge in [-0.25, -0.2) is 16.8 Å². The molecule has 434 valence electrons. The Labute approximate surface area is 581 Å². The van der Waals surface area contributed by atoms with E-state index in [2.05, 4.69) is 42.1 Å². The summed E-state index contributed by atoms with van der Waals surface area (Å²) in [4.78, 5) is 61.6. The van der Waals surface area contributed by atoms with Gasteiger partial charge in [-0.05, 0) is 89.1 Å². The van der Waals surface area contributed by atoms with Crippen molar-refractivity contribution in [3.63, 3.8) is 0 Å². The van der Waals surface area contributed by atoms with Gasteiger partial charge in [0.15, 0.2) is 0 Å². The fourth-order valence-electron chi connectivity index (χ4n) is 8.42. The van der Waals surface area contributed by atoms with Gasteiger partial charge in [0.05, 0.1) is 75.5 Å². The van der Waals surface area contributed by atoms with Crippen molar-refractivity contribution < 1.29 is 174 Å². The largest absolute Gasteiger partial charge is 1.00 e. The molecule has 0 aliphatic heterocycles. The minimum atomic E-state index is -4.15. The Morgan fingerprint density at radius 1 is 0.614 bits per heavy atom. The third-order valence-electron chi connectivity index (χ3n) is 12.3. The van der Waals surface area contributed by atoms with Crippen LogP contribution in [0.3, 0.4) is 0 Å². The molecule has 2 atom stereocenters. The van der Waals surface area contributed by atoms with E-state index < -0.39 is 32.6 Å². The SMILES string of the molecule is C#CCN(c1ccc(N(CC(=O)OC)S(=O)(=O)c2ccc(C)cc2C)c2ccccc12)[C@@H](C)CC(=O)OC.C#CCN(c1ccc(NS(=O)(=O)c2ccc(C)cc2C)c2ccccc12)[C@@H](C)CC(=O)OC.COC(=O)CBr.O=CO[O-].[H-].[K+].[K+]. The zero-order valence-corrected chi connectivity index (χ0v) is 58.1. The first-order valence-corrected chi connectivity index (χ1v) is 28.7. The van der Waals surface area contributed by atoms with Crippen LogP contribution in [0.4, 0.5) is 22.7 Å². The van der Waals surface area contributed by atoms with Crippen molar-refractivity contribution in [3.8, 4) is 24.7 Å². The summed E-state index contributed by atoms with van der Waals surface area (Å²) in [5, 5.41) is 11.6. The summed E-state index contributed by atoms with van der Waals surface area (Å²) in [6, 6.07) is 31.5.